The van der Waals surface area contributed by atoms with E-state index in [-0.39, 0.29) is 5.66 Å². The summed E-state index contributed by atoms with van der Waals surface area (Å²) in [4.78, 5) is 5.56. The zero-order valence-corrected chi connectivity index (χ0v) is 19.8. The molecule has 4 heterocycles. The quantitative estimate of drug-likeness (QED) is 0.601. The van der Waals surface area contributed by atoms with E-state index in [9.17, 15) is 0 Å². The predicted molar refractivity (Wildman–Crippen MR) is 124 cm³/mol. The molecule has 160 valence electrons. The molecule has 4 aliphatic heterocycles. The zero-order chi connectivity index (χ0) is 20.9. The Hall–Kier alpha value is -1.06. The van der Waals surface area contributed by atoms with Gasteiger partial charge in [0.2, 0.25) is 0 Å². The molecule has 5 rings (SSSR count). The Morgan fingerprint density at radius 3 is 2.29 bits per heavy atom. The van der Waals surface area contributed by atoms with E-state index < -0.39 is 0 Å². The van der Waals surface area contributed by atoms with Gasteiger partial charge in [-0.05, 0) is 63.7 Å². The second kappa shape index (κ2) is 10.1. The number of piperidine rings is 2. The van der Waals surface area contributed by atoms with E-state index >= 15 is 0 Å². The minimum Gasteiger partial charge on any atom is -0.348 e. The van der Waals surface area contributed by atoms with Crippen LogP contribution in [0.2, 0.25) is 0 Å². The summed E-state index contributed by atoms with van der Waals surface area (Å²) in [7, 11) is 0. The molecule has 0 aliphatic carbocycles. The summed E-state index contributed by atoms with van der Waals surface area (Å²) in [6.07, 6.45) is 4.11. The number of rotatable bonds is 0. The van der Waals surface area contributed by atoms with Crippen molar-refractivity contribution >= 4 is 5.69 Å². The van der Waals surface area contributed by atoms with E-state index in [1.54, 1.807) is 5.56 Å². The highest BCUT2D eigenvalue weighted by Crippen LogP contribution is 2.52. The maximum absolute atomic E-state index is 3.90. The highest BCUT2D eigenvalue weighted by atomic mass is 15.4. The minimum absolute atomic E-state index is 0.0515. The topological polar surface area (TPSA) is 18.5 Å². The van der Waals surface area contributed by atoms with Crippen molar-refractivity contribution in [3.8, 4) is 0 Å². The van der Waals surface area contributed by atoms with Crippen LogP contribution in [0.3, 0.4) is 0 Å². The largest absolute Gasteiger partial charge is 0.348 e. The SMILES string of the molecule is CC.CC.CC.CC1(C)NCC2CCCN3CCC4c5ccccc5N1C4C23. The number of para-hydroxylation sites is 1. The molecule has 4 atom stereocenters. The number of hydrogen-bond donors (Lipinski definition) is 1. The van der Waals surface area contributed by atoms with Crippen molar-refractivity contribution in [1.82, 2.24) is 10.2 Å². The van der Waals surface area contributed by atoms with Crippen LogP contribution in [0.4, 0.5) is 5.69 Å². The van der Waals surface area contributed by atoms with Gasteiger partial charge in [0.25, 0.3) is 0 Å². The number of hydrogen-bond acceptors (Lipinski definition) is 3. The van der Waals surface area contributed by atoms with Gasteiger partial charge in [0.15, 0.2) is 0 Å². The Morgan fingerprint density at radius 1 is 0.893 bits per heavy atom. The molecule has 3 nitrogen and oxygen atoms in total. The molecule has 3 saturated heterocycles. The highest BCUT2D eigenvalue weighted by Gasteiger charge is 2.55. The molecular formula is C25H45N3. The molecule has 0 aromatic heterocycles. The van der Waals surface area contributed by atoms with Crippen LogP contribution in [0, 0.1) is 5.92 Å². The Morgan fingerprint density at radius 2 is 1.57 bits per heavy atom. The van der Waals surface area contributed by atoms with Gasteiger partial charge in [-0.3, -0.25) is 10.2 Å². The maximum Gasteiger partial charge on any atom is 0.0855 e. The first kappa shape index (κ1) is 23.2. The highest BCUT2D eigenvalue weighted by molar-refractivity contribution is 5.64. The number of benzene rings is 1. The van der Waals surface area contributed by atoms with Gasteiger partial charge in [0.1, 0.15) is 0 Å². The van der Waals surface area contributed by atoms with Gasteiger partial charge in [-0.1, -0.05) is 59.7 Å². The Bertz CT molecular complexity index is 597. The first-order valence-electron chi connectivity index (χ1n) is 12.0. The van der Waals surface area contributed by atoms with Crippen molar-refractivity contribution in [3.05, 3.63) is 29.8 Å². The first-order valence-corrected chi connectivity index (χ1v) is 12.0. The second-order valence-corrected chi connectivity index (χ2v) is 8.18. The lowest BCUT2D eigenvalue weighted by Gasteiger charge is -2.52. The fourth-order valence-corrected chi connectivity index (χ4v) is 5.86. The number of nitrogens with one attached hydrogen (secondary N) is 1. The van der Waals surface area contributed by atoms with Gasteiger partial charge in [0.05, 0.1) is 11.7 Å². The van der Waals surface area contributed by atoms with E-state index in [0.717, 1.165) is 17.9 Å². The number of anilines is 1. The molecule has 0 saturated carbocycles. The molecule has 0 spiro atoms. The molecule has 1 N–H and O–H groups in total. The first-order chi connectivity index (χ1) is 13.7. The third kappa shape index (κ3) is 3.85. The van der Waals surface area contributed by atoms with E-state index in [1.165, 1.54) is 44.6 Å². The van der Waals surface area contributed by atoms with Crippen LogP contribution in [-0.4, -0.2) is 42.3 Å². The van der Waals surface area contributed by atoms with Gasteiger partial charge < -0.3 is 4.90 Å². The molecule has 4 aliphatic rings. The molecule has 0 bridgehead atoms. The molecule has 3 heteroatoms. The standard InChI is InChI=1S/C19H27N3.3C2H6/c1-19(2)20-12-13-6-5-10-21-11-9-15-14-7-3-4-8-16(14)22(19)18(15)17(13)21;3*1-2/h3-4,7-8,13,15,17-18,20H,5-6,9-12H2,1-2H3;3*1-2H3. The zero-order valence-electron chi connectivity index (χ0n) is 19.8. The summed E-state index contributed by atoms with van der Waals surface area (Å²) in [6, 6.07) is 10.6. The monoisotopic (exact) mass is 387 g/mol. The average molecular weight is 388 g/mol. The molecular weight excluding hydrogens is 342 g/mol. The van der Waals surface area contributed by atoms with Crippen LogP contribution in [0.25, 0.3) is 0 Å². The van der Waals surface area contributed by atoms with Crippen LogP contribution >= 0.6 is 0 Å². The van der Waals surface area contributed by atoms with E-state index in [2.05, 4.69) is 53.2 Å². The fourth-order valence-electron chi connectivity index (χ4n) is 5.86. The van der Waals surface area contributed by atoms with Crippen molar-refractivity contribution in [3.63, 3.8) is 0 Å². The fraction of sp³-hybridized carbons (Fsp3) is 0.760. The molecule has 28 heavy (non-hydrogen) atoms. The Kier molecular flexibility index (Phi) is 8.39. The predicted octanol–water partition coefficient (Wildman–Crippen LogP) is 5.86. The Balaban J connectivity index is 0.000000430. The van der Waals surface area contributed by atoms with Crippen LogP contribution in [0.1, 0.15) is 86.1 Å². The summed E-state index contributed by atoms with van der Waals surface area (Å²) >= 11 is 0. The molecule has 0 amide bonds. The Labute approximate surface area is 174 Å². The lowest BCUT2D eigenvalue weighted by atomic mass is 9.75. The van der Waals surface area contributed by atoms with Gasteiger partial charge in [-0.15, -0.1) is 0 Å². The van der Waals surface area contributed by atoms with Crippen molar-refractivity contribution < 1.29 is 0 Å². The number of fused-ring (bicyclic) bond motifs is 3. The second-order valence-electron chi connectivity index (χ2n) is 8.18. The maximum atomic E-state index is 3.90. The molecule has 0 radical (unpaired) electrons. The van der Waals surface area contributed by atoms with Gasteiger partial charge >= 0.3 is 0 Å². The van der Waals surface area contributed by atoms with Gasteiger partial charge in [-0.25, -0.2) is 0 Å². The number of nitrogens with zero attached hydrogens (tertiary/aromatic N) is 2. The van der Waals surface area contributed by atoms with Gasteiger partial charge in [0, 0.05) is 24.2 Å². The normalized spacial score (nSPS) is 31.4. The summed E-state index contributed by atoms with van der Waals surface area (Å²) in [6.45, 7) is 20.5. The van der Waals surface area contributed by atoms with E-state index in [1.807, 2.05) is 41.5 Å². The van der Waals surface area contributed by atoms with E-state index in [0.29, 0.717) is 6.04 Å². The molecule has 4 unspecified atom stereocenters. The van der Waals surface area contributed by atoms with Crippen LogP contribution < -0.4 is 10.2 Å². The smallest absolute Gasteiger partial charge is 0.0855 e. The lowest BCUT2D eigenvalue weighted by molar-refractivity contribution is 0.0432. The van der Waals surface area contributed by atoms with Crippen LogP contribution in [0.5, 0.6) is 0 Å². The summed E-state index contributed by atoms with van der Waals surface area (Å²) in [5, 5.41) is 3.90. The summed E-state index contributed by atoms with van der Waals surface area (Å²) in [5.41, 5.74) is 3.15. The third-order valence-electron chi connectivity index (χ3n) is 6.71. The summed E-state index contributed by atoms with van der Waals surface area (Å²) < 4.78 is 0. The molecule has 3 fully saturated rings. The molecule has 1 aromatic rings. The third-order valence-corrected chi connectivity index (χ3v) is 6.71. The van der Waals surface area contributed by atoms with Gasteiger partial charge in [-0.2, -0.15) is 0 Å². The van der Waals surface area contributed by atoms with Crippen molar-refractivity contribution in [2.24, 2.45) is 5.92 Å². The summed E-state index contributed by atoms with van der Waals surface area (Å²) in [5.74, 6) is 1.55. The van der Waals surface area contributed by atoms with Crippen molar-refractivity contribution in [2.45, 2.75) is 98.3 Å². The van der Waals surface area contributed by atoms with Crippen LogP contribution in [-0.2, 0) is 0 Å². The molecule has 1 aromatic carbocycles. The van der Waals surface area contributed by atoms with E-state index in [4.69, 9.17) is 0 Å². The van der Waals surface area contributed by atoms with Crippen molar-refractivity contribution in [2.75, 3.05) is 24.5 Å². The minimum atomic E-state index is 0.0515. The average Bonchev–Trinajstić information content (AvgIpc) is 3.06. The lowest BCUT2D eigenvalue weighted by Crippen LogP contribution is -2.63. The van der Waals surface area contributed by atoms with Crippen LogP contribution in [0.15, 0.2) is 24.3 Å². The van der Waals surface area contributed by atoms with Crippen molar-refractivity contribution in [1.29, 1.82) is 0 Å².